The molecule has 39 heavy (non-hydrogen) atoms. The Kier molecular flexibility index (Phi) is 5.72. The minimum atomic E-state index is -1.13. The molecule has 8 atom stereocenters. The maximum atomic E-state index is 13.7. The maximum absolute atomic E-state index is 13.7. The molecule has 4 aliphatic rings. The first-order chi connectivity index (χ1) is 18.4. The van der Waals surface area contributed by atoms with Crippen molar-refractivity contribution in [3.05, 3.63) is 70.1 Å². The highest BCUT2D eigenvalue weighted by molar-refractivity contribution is 5.92. The van der Waals surface area contributed by atoms with Gasteiger partial charge in [-0.25, -0.2) is 0 Å². The van der Waals surface area contributed by atoms with Gasteiger partial charge in [0.1, 0.15) is 12.2 Å². The third-order valence-corrected chi connectivity index (χ3v) is 8.29. The summed E-state index contributed by atoms with van der Waals surface area (Å²) in [5.41, 5.74) is -0.747. The Labute approximate surface area is 223 Å². The second kappa shape index (κ2) is 8.60. The second-order valence-corrected chi connectivity index (χ2v) is 10.8. The van der Waals surface area contributed by atoms with Crippen LogP contribution in [0.3, 0.4) is 0 Å². The molecule has 8 unspecified atom stereocenters. The summed E-state index contributed by atoms with van der Waals surface area (Å²) < 4.78 is 17.8. The van der Waals surface area contributed by atoms with Gasteiger partial charge in [0.05, 0.1) is 23.5 Å². The highest BCUT2D eigenvalue weighted by atomic mass is 16.8. The van der Waals surface area contributed by atoms with Crippen LogP contribution < -0.4 is 10.5 Å². The fourth-order valence-corrected chi connectivity index (χ4v) is 5.89. The minimum Gasteiger partial charge on any atom is -0.733 e. The third-order valence-electron chi connectivity index (χ3n) is 8.29. The topological polar surface area (TPSA) is 168 Å². The van der Waals surface area contributed by atoms with Crippen LogP contribution in [0.1, 0.15) is 51.0 Å². The lowest BCUT2D eigenvalue weighted by Crippen LogP contribution is -2.62. The van der Waals surface area contributed by atoms with Crippen molar-refractivity contribution in [2.24, 2.45) is 0 Å². The van der Waals surface area contributed by atoms with Gasteiger partial charge in [-0.05, 0) is 63.1 Å². The van der Waals surface area contributed by atoms with E-state index in [1.54, 1.807) is 47.9 Å². The number of amides is 2. The van der Waals surface area contributed by atoms with Crippen molar-refractivity contribution in [3.63, 3.8) is 0 Å². The first kappa shape index (κ1) is 26.0. The number of rotatable bonds is 6. The summed E-state index contributed by atoms with van der Waals surface area (Å²) in [6, 6.07) is 11.4. The number of hydrogen-bond donors (Lipinski definition) is 2. The molecular formula is C26H28N4O9-2. The number of benzene rings is 2. The van der Waals surface area contributed by atoms with Gasteiger partial charge in [-0.2, -0.15) is 0 Å². The Morgan fingerprint density at radius 2 is 1.08 bits per heavy atom. The van der Waals surface area contributed by atoms with Gasteiger partial charge >= 0.3 is 0 Å². The smallest absolute Gasteiger partial charge is 0.260 e. The van der Waals surface area contributed by atoms with Gasteiger partial charge in [0, 0.05) is 0 Å². The van der Waals surface area contributed by atoms with E-state index < -0.39 is 47.9 Å². The van der Waals surface area contributed by atoms with Crippen LogP contribution in [-0.4, -0.2) is 67.8 Å². The van der Waals surface area contributed by atoms with Gasteiger partial charge in [-0.15, -0.1) is 0 Å². The first-order valence-corrected chi connectivity index (χ1v) is 12.6. The Morgan fingerprint density at radius 3 is 1.38 bits per heavy atom. The van der Waals surface area contributed by atoms with E-state index >= 15 is 0 Å². The molecule has 208 valence electrons. The average Bonchev–Trinajstić information content (AvgIpc) is 3.73. The monoisotopic (exact) mass is 540 g/mol. The standard InChI is InChI=1S/C26H28N4O9/c1-13-21-28(24(32)26(4)20(39-26)16-7-11-18(12-8-16)30(35)36)14(2)22(37-21)27(13)23(31)25(3)19(38-25)15-5-9-17(10-6-15)29(33)34/h5-14,19-22,33,35H,1-4H3/q-2. The summed E-state index contributed by atoms with van der Waals surface area (Å²) in [6.45, 7) is 7.04. The summed E-state index contributed by atoms with van der Waals surface area (Å²) in [5.74, 6) is -0.516. The van der Waals surface area contributed by atoms with E-state index in [1.807, 2.05) is 13.8 Å². The highest BCUT2D eigenvalue weighted by Gasteiger charge is 2.69. The molecule has 2 aromatic carbocycles. The first-order valence-electron chi connectivity index (χ1n) is 12.6. The summed E-state index contributed by atoms with van der Waals surface area (Å²) >= 11 is 0. The van der Waals surface area contributed by atoms with Crippen LogP contribution >= 0.6 is 0 Å². The predicted molar refractivity (Wildman–Crippen MR) is 134 cm³/mol. The predicted octanol–water partition coefficient (Wildman–Crippen LogP) is 2.56. The Morgan fingerprint density at radius 1 is 0.744 bits per heavy atom. The van der Waals surface area contributed by atoms with Crippen molar-refractivity contribution in [1.82, 2.24) is 9.80 Å². The van der Waals surface area contributed by atoms with Crippen molar-refractivity contribution in [2.75, 3.05) is 10.5 Å². The minimum absolute atomic E-state index is 0.0664. The quantitative estimate of drug-likeness (QED) is 0.408. The second-order valence-electron chi connectivity index (χ2n) is 10.8. The molecule has 0 aromatic heterocycles. The van der Waals surface area contributed by atoms with E-state index in [0.717, 1.165) is 0 Å². The number of nitrogens with zero attached hydrogens (tertiary/aromatic N) is 4. The molecule has 4 fully saturated rings. The number of ether oxygens (including phenoxy) is 3. The number of carbonyl (C=O) groups excluding carboxylic acids is 2. The summed E-state index contributed by atoms with van der Waals surface area (Å²) in [7, 11) is 0. The number of piperazine rings is 1. The molecule has 6 rings (SSSR count). The fourth-order valence-electron chi connectivity index (χ4n) is 5.89. The van der Waals surface area contributed by atoms with Crippen LogP contribution in [0.4, 0.5) is 11.4 Å². The zero-order chi connectivity index (χ0) is 28.0. The van der Waals surface area contributed by atoms with Crippen LogP contribution in [0.5, 0.6) is 0 Å². The molecule has 2 bridgehead atoms. The maximum Gasteiger partial charge on any atom is 0.260 e. The number of hydrogen-bond acceptors (Lipinski definition) is 11. The van der Waals surface area contributed by atoms with E-state index in [1.165, 1.54) is 24.3 Å². The summed E-state index contributed by atoms with van der Waals surface area (Å²) in [4.78, 5) is 30.6. The number of carbonyl (C=O) groups is 2. The van der Waals surface area contributed by atoms with E-state index in [2.05, 4.69) is 0 Å². The lowest BCUT2D eigenvalue weighted by molar-refractivity contribution is -0.151. The van der Waals surface area contributed by atoms with Crippen LogP contribution in [0, 0.1) is 10.4 Å². The number of anilines is 2. The highest BCUT2D eigenvalue weighted by Crippen LogP contribution is 2.55. The van der Waals surface area contributed by atoms with E-state index in [0.29, 0.717) is 11.1 Å². The Bertz CT molecular complexity index is 1210. The van der Waals surface area contributed by atoms with Crippen LogP contribution in [-0.2, 0) is 23.8 Å². The van der Waals surface area contributed by atoms with Gasteiger partial charge in [0.2, 0.25) is 0 Å². The Hall–Kier alpha value is -3.30. The molecule has 4 aliphatic heterocycles. The Balaban J connectivity index is 1.15. The third kappa shape index (κ3) is 3.81. The van der Waals surface area contributed by atoms with Crippen molar-refractivity contribution in [1.29, 1.82) is 0 Å². The summed E-state index contributed by atoms with van der Waals surface area (Å²) in [5, 5.41) is 39.8. The molecule has 4 saturated heterocycles. The van der Waals surface area contributed by atoms with Crippen LogP contribution in [0.2, 0.25) is 0 Å². The molecule has 0 spiro atoms. The molecule has 0 radical (unpaired) electrons. The zero-order valence-corrected chi connectivity index (χ0v) is 21.6. The number of epoxide rings is 2. The summed E-state index contributed by atoms with van der Waals surface area (Å²) in [6.07, 6.45) is -2.38. The molecule has 13 nitrogen and oxygen atoms in total. The molecular weight excluding hydrogens is 512 g/mol. The van der Waals surface area contributed by atoms with E-state index in [-0.39, 0.29) is 33.6 Å². The molecule has 0 aliphatic carbocycles. The molecule has 0 saturated carbocycles. The lowest BCUT2D eigenvalue weighted by Gasteiger charge is -2.41. The fraction of sp³-hybridized carbons (Fsp3) is 0.462. The molecule has 2 aromatic rings. The van der Waals surface area contributed by atoms with Crippen LogP contribution in [0.25, 0.3) is 0 Å². The van der Waals surface area contributed by atoms with Crippen molar-refractivity contribution in [2.45, 2.75) is 75.6 Å². The molecule has 4 heterocycles. The van der Waals surface area contributed by atoms with Gasteiger partial charge in [-0.1, -0.05) is 24.3 Å². The van der Waals surface area contributed by atoms with Crippen molar-refractivity contribution >= 4 is 23.2 Å². The molecule has 2 N–H and O–H groups in total. The van der Waals surface area contributed by atoms with Gasteiger partial charge in [0.15, 0.2) is 23.7 Å². The van der Waals surface area contributed by atoms with Gasteiger partial charge in [0.25, 0.3) is 11.8 Å². The SMILES string of the molecule is CC1C2OC(C(C)N2C(=O)C2(C)OC2c2ccc(N([O-])O)cc2)N1C(=O)C1(C)OC1c1ccc(N([O-])O)cc1. The number of fused-ring (bicyclic) bond motifs is 2. The zero-order valence-electron chi connectivity index (χ0n) is 21.6. The molecule has 2 amide bonds. The lowest BCUT2D eigenvalue weighted by atomic mass is 9.95. The van der Waals surface area contributed by atoms with Gasteiger partial charge in [-0.3, -0.25) is 20.0 Å². The van der Waals surface area contributed by atoms with Crippen molar-refractivity contribution in [3.8, 4) is 0 Å². The molecule has 13 heteroatoms. The van der Waals surface area contributed by atoms with Crippen LogP contribution in [0.15, 0.2) is 48.5 Å². The van der Waals surface area contributed by atoms with E-state index in [9.17, 15) is 20.0 Å². The largest absolute Gasteiger partial charge is 0.733 e. The average molecular weight is 541 g/mol. The van der Waals surface area contributed by atoms with Crippen molar-refractivity contribution < 1.29 is 34.2 Å². The van der Waals surface area contributed by atoms with Gasteiger partial charge < -0.3 is 44.9 Å². The van der Waals surface area contributed by atoms with E-state index in [4.69, 9.17) is 24.6 Å². The normalized spacial score (nSPS) is 36.2.